The number of hydrogen-bond donors (Lipinski definition) is 0. The van der Waals surface area contributed by atoms with E-state index in [9.17, 15) is 0 Å². The maximum absolute atomic E-state index is 6.58. The molecular formula is C45H28N4O. The van der Waals surface area contributed by atoms with E-state index < -0.39 is 0 Å². The molecule has 5 nitrogen and oxygen atoms in total. The van der Waals surface area contributed by atoms with E-state index in [0.717, 1.165) is 66.5 Å². The molecule has 0 aliphatic rings. The van der Waals surface area contributed by atoms with Crippen LogP contribution in [0.3, 0.4) is 0 Å². The normalized spacial score (nSPS) is 11.6. The molecule has 0 saturated heterocycles. The fourth-order valence-electron chi connectivity index (χ4n) is 7.19. The lowest BCUT2D eigenvalue weighted by atomic mass is 10.0. The van der Waals surface area contributed by atoms with Gasteiger partial charge in [-0.1, -0.05) is 140 Å². The fourth-order valence-corrected chi connectivity index (χ4v) is 7.19. The van der Waals surface area contributed by atoms with Crippen LogP contribution in [0.15, 0.2) is 174 Å². The zero-order valence-electron chi connectivity index (χ0n) is 26.9. The Morgan fingerprint density at radius 1 is 0.360 bits per heavy atom. The van der Waals surface area contributed by atoms with E-state index in [1.165, 1.54) is 10.8 Å². The molecule has 0 unspecified atom stereocenters. The van der Waals surface area contributed by atoms with Crippen molar-refractivity contribution in [2.24, 2.45) is 0 Å². The summed E-state index contributed by atoms with van der Waals surface area (Å²) in [6.45, 7) is 0. The number of rotatable bonds is 5. The van der Waals surface area contributed by atoms with Crippen LogP contribution in [0.1, 0.15) is 0 Å². The summed E-state index contributed by atoms with van der Waals surface area (Å²) in [6.07, 6.45) is 0. The summed E-state index contributed by atoms with van der Waals surface area (Å²) in [5.41, 5.74) is 9.94. The van der Waals surface area contributed by atoms with Crippen LogP contribution in [0.4, 0.5) is 0 Å². The molecule has 0 radical (unpaired) electrons. The molecule has 5 heteroatoms. The highest BCUT2D eigenvalue weighted by Crippen LogP contribution is 2.42. The Kier molecular flexibility index (Phi) is 6.42. The van der Waals surface area contributed by atoms with Gasteiger partial charge in [0.15, 0.2) is 17.5 Å². The minimum atomic E-state index is 0.589. The van der Waals surface area contributed by atoms with Gasteiger partial charge in [-0.05, 0) is 41.5 Å². The summed E-state index contributed by atoms with van der Waals surface area (Å²) in [5, 5.41) is 4.40. The summed E-state index contributed by atoms with van der Waals surface area (Å²) < 4.78 is 8.93. The van der Waals surface area contributed by atoms with E-state index in [-0.39, 0.29) is 0 Å². The van der Waals surface area contributed by atoms with Crippen LogP contribution < -0.4 is 0 Å². The number of nitrogens with zero attached hydrogens (tertiary/aromatic N) is 4. The highest BCUT2D eigenvalue weighted by Gasteiger charge is 2.22. The second-order valence-electron chi connectivity index (χ2n) is 12.4. The molecule has 0 saturated carbocycles. The Balaban J connectivity index is 1.22. The maximum atomic E-state index is 6.58. The number of fused-ring (bicyclic) bond motifs is 6. The first-order chi connectivity index (χ1) is 24.8. The van der Waals surface area contributed by atoms with E-state index >= 15 is 0 Å². The maximum Gasteiger partial charge on any atom is 0.164 e. The predicted octanol–water partition coefficient (Wildman–Crippen LogP) is 11.5. The van der Waals surface area contributed by atoms with Gasteiger partial charge >= 0.3 is 0 Å². The van der Waals surface area contributed by atoms with Crippen molar-refractivity contribution in [3.05, 3.63) is 170 Å². The summed E-state index contributed by atoms with van der Waals surface area (Å²) >= 11 is 0. The van der Waals surface area contributed by atoms with Gasteiger partial charge in [0.25, 0.3) is 0 Å². The molecule has 0 amide bonds. The van der Waals surface area contributed by atoms with Crippen LogP contribution in [-0.4, -0.2) is 19.5 Å². The smallest absolute Gasteiger partial charge is 0.164 e. The van der Waals surface area contributed by atoms with Crippen molar-refractivity contribution >= 4 is 43.7 Å². The lowest BCUT2D eigenvalue weighted by Crippen LogP contribution is -2.00. The van der Waals surface area contributed by atoms with Crippen molar-refractivity contribution in [3.8, 4) is 51.0 Å². The molecular weight excluding hydrogens is 613 g/mol. The van der Waals surface area contributed by atoms with Crippen molar-refractivity contribution in [2.45, 2.75) is 0 Å². The monoisotopic (exact) mass is 640 g/mol. The summed E-state index contributed by atoms with van der Waals surface area (Å²) in [4.78, 5) is 15.3. The Morgan fingerprint density at radius 3 is 1.50 bits per heavy atom. The van der Waals surface area contributed by atoms with Gasteiger partial charge in [0.1, 0.15) is 11.2 Å². The zero-order chi connectivity index (χ0) is 33.0. The first-order valence-electron chi connectivity index (χ1n) is 16.7. The van der Waals surface area contributed by atoms with Crippen molar-refractivity contribution < 1.29 is 4.42 Å². The van der Waals surface area contributed by atoms with E-state index in [1.54, 1.807) is 0 Å². The van der Waals surface area contributed by atoms with Crippen LogP contribution in [-0.2, 0) is 0 Å². The second kappa shape index (κ2) is 11.4. The summed E-state index contributed by atoms with van der Waals surface area (Å²) in [7, 11) is 0. The van der Waals surface area contributed by atoms with Crippen LogP contribution in [0.2, 0.25) is 0 Å². The average molecular weight is 641 g/mol. The van der Waals surface area contributed by atoms with Crippen molar-refractivity contribution in [3.63, 3.8) is 0 Å². The average Bonchev–Trinajstić information content (AvgIpc) is 3.75. The van der Waals surface area contributed by atoms with Crippen molar-refractivity contribution in [1.29, 1.82) is 0 Å². The highest BCUT2D eigenvalue weighted by molar-refractivity contribution is 6.17. The third kappa shape index (κ3) is 4.52. The van der Waals surface area contributed by atoms with Crippen molar-refractivity contribution in [1.82, 2.24) is 19.5 Å². The van der Waals surface area contributed by atoms with E-state index in [4.69, 9.17) is 19.4 Å². The number of benzene rings is 7. The molecule has 3 aromatic heterocycles. The SMILES string of the molecule is c1ccc(-c2ccc(-c3nc(-c4ccccc4)nc(-c4cccc5oc6cccc(-n7c8ccccc8c8ccccc87)c6c45)n3)cc2)cc1. The first-order valence-corrected chi connectivity index (χ1v) is 16.7. The minimum Gasteiger partial charge on any atom is -0.456 e. The molecule has 234 valence electrons. The molecule has 0 fully saturated rings. The van der Waals surface area contributed by atoms with E-state index in [2.05, 4.69) is 120 Å². The molecule has 0 bridgehead atoms. The number of furan rings is 1. The van der Waals surface area contributed by atoms with Gasteiger partial charge in [0.05, 0.1) is 22.1 Å². The third-order valence-electron chi connectivity index (χ3n) is 9.48. The van der Waals surface area contributed by atoms with E-state index in [0.29, 0.717) is 17.5 Å². The number of para-hydroxylation sites is 2. The van der Waals surface area contributed by atoms with Gasteiger partial charge in [0.2, 0.25) is 0 Å². The lowest BCUT2D eigenvalue weighted by molar-refractivity contribution is 0.669. The Bertz CT molecular complexity index is 2800. The predicted molar refractivity (Wildman–Crippen MR) is 203 cm³/mol. The van der Waals surface area contributed by atoms with Gasteiger partial charge in [-0.25, -0.2) is 15.0 Å². The molecule has 7 aromatic carbocycles. The van der Waals surface area contributed by atoms with Crippen molar-refractivity contribution in [2.75, 3.05) is 0 Å². The molecule has 0 atom stereocenters. The Labute approximate surface area is 287 Å². The molecule has 10 aromatic rings. The summed E-state index contributed by atoms with van der Waals surface area (Å²) in [6, 6.07) is 58.5. The van der Waals surface area contributed by atoms with Gasteiger partial charge in [0, 0.05) is 32.8 Å². The topological polar surface area (TPSA) is 56.7 Å². The van der Waals surface area contributed by atoms with E-state index in [1.807, 2.05) is 54.6 Å². The molecule has 0 aliphatic heterocycles. The Morgan fingerprint density at radius 2 is 0.840 bits per heavy atom. The largest absolute Gasteiger partial charge is 0.456 e. The molecule has 0 aliphatic carbocycles. The zero-order valence-corrected chi connectivity index (χ0v) is 26.9. The van der Waals surface area contributed by atoms with Gasteiger partial charge in [-0.3, -0.25) is 0 Å². The van der Waals surface area contributed by atoms with Gasteiger partial charge < -0.3 is 8.98 Å². The number of aromatic nitrogens is 4. The van der Waals surface area contributed by atoms with Crippen LogP contribution in [0.25, 0.3) is 94.7 Å². The molecule has 50 heavy (non-hydrogen) atoms. The second-order valence-corrected chi connectivity index (χ2v) is 12.4. The quantitative estimate of drug-likeness (QED) is 0.188. The Hall–Kier alpha value is -6.85. The third-order valence-corrected chi connectivity index (χ3v) is 9.48. The summed E-state index contributed by atoms with van der Waals surface area (Å²) in [5.74, 6) is 1.82. The lowest BCUT2D eigenvalue weighted by Gasteiger charge is -2.12. The van der Waals surface area contributed by atoms with Gasteiger partial charge in [-0.15, -0.1) is 0 Å². The van der Waals surface area contributed by atoms with Crippen LogP contribution in [0.5, 0.6) is 0 Å². The fraction of sp³-hybridized carbons (Fsp3) is 0. The van der Waals surface area contributed by atoms with Crippen LogP contribution in [0, 0.1) is 0 Å². The van der Waals surface area contributed by atoms with Crippen LogP contribution >= 0.6 is 0 Å². The molecule has 3 heterocycles. The molecule has 10 rings (SSSR count). The highest BCUT2D eigenvalue weighted by atomic mass is 16.3. The number of hydrogen-bond acceptors (Lipinski definition) is 4. The minimum absolute atomic E-state index is 0.589. The van der Waals surface area contributed by atoms with Gasteiger partial charge in [-0.2, -0.15) is 0 Å². The standard InChI is InChI=1S/C45H28N4O/c1-3-13-29(14-4-1)30-25-27-32(28-26-30)44-46-43(31-15-5-2-6-16-31)47-45(48-44)35-19-11-23-39-41(35)42-38(22-12-24-40(42)50-39)49-36-20-9-7-17-33(36)34-18-8-10-21-37(34)49/h1-28H. The first kappa shape index (κ1) is 28.2. The molecule has 0 N–H and O–H groups in total. The molecule has 0 spiro atoms.